The van der Waals surface area contributed by atoms with Gasteiger partial charge in [0.25, 0.3) is 6.47 Å². The third-order valence-corrected chi connectivity index (χ3v) is 1.44. The molecule has 78 valence electrons. The van der Waals surface area contributed by atoms with Crippen molar-refractivity contribution in [3.63, 3.8) is 0 Å². The SMILES string of the molecule is CCOC=O.COc1ncccc1Cl. The highest BCUT2D eigenvalue weighted by atomic mass is 35.5. The fraction of sp³-hybridized carbons (Fsp3) is 0.333. The number of pyridine rings is 1. The van der Waals surface area contributed by atoms with Crippen molar-refractivity contribution in [1.29, 1.82) is 0 Å². The van der Waals surface area contributed by atoms with Crippen LogP contribution in [0.2, 0.25) is 5.02 Å². The quantitative estimate of drug-likeness (QED) is 0.726. The van der Waals surface area contributed by atoms with Gasteiger partial charge < -0.3 is 9.47 Å². The fourth-order valence-electron chi connectivity index (χ4n) is 0.589. The van der Waals surface area contributed by atoms with E-state index >= 15 is 0 Å². The molecule has 1 aromatic heterocycles. The maximum atomic E-state index is 9.18. The van der Waals surface area contributed by atoms with Crippen LogP contribution in [0.25, 0.3) is 0 Å². The number of ether oxygens (including phenoxy) is 2. The van der Waals surface area contributed by atoms with Crippen LogP contribution in [0.1, 0.15) is 6.92 Å². The first kappa shape index (κ1) is 12.7. The number of carbonyl (C=O) groups is 1. The molecule has 0 atom stereocenters. The Morgan fingerprint density at radius 1 is 1.64 bits per heavy atom. The summed E-state index contributed by atoms with van der Waals surface area (Å²) >= 11 is 5.64. The Morgan fingerprint density at radius 3 is 2.64 bits per heavy atom. The van der Waals surface area contributed by atoms with Crippen LogP contribution >= 0.6 is 11.6 Å². The lowest BCUT2D eigenvalue weighted by molar-refractivity contribution is -0.128. The zero-order valence-electron chi connectivity index (χ0n) is 8.07. The molecule has 0 radical (unpaired) electrons. The highest BCUT2D eigenvalue weighted by molar-refractivity contribution is 6.31. The molecule has 0 aliphatic carbocycles. The van der Waals surface area contributed by atoms with Gasteiger partial charge in [0.1, 0.15) is 5.02 Å². The molecule has 14 heavy (non-hydrogen) atoms. The minimum absolute atomic E-state index is 0.431. The number of aromatic nitrogens is 1. The van der Waals surface area contributed by atoms with Gasteiger partial charge in [0.2, 0.25) is 5.88 Å². The van der Waals surface area contributed by atoms with E-state index in [9.17, 15) is 4.79 Å². The van der Waals surface area contributed by atoms with Gasteiger partial charge in [-0.2, -0.15) is 0 Å². The van der Waals surface area contributed by atoms with Crippen molar-refractivity contribution >= 4 is 18.1 Å². The Hall–Kier alpha value is -1.29. The molecule has 0 spiro atoms. The number of nitrogens with zero attached hydrogens (tertiary/aromatic N) is 1. The van der Waals surface area contributed by atoms with Gasteiger partial charge in [-0.25, -0.2) is 4.98 Å². The van der Waals surface area contributed by atoms with Crippen LogP contribution in [0.5, 0.6) is 5.88 Å². The predicted molar refractivity (Wildman–Crippen MR) is 53.5 cm³/mol. The zero-order chi connectivity index (χ0) is 10.8. The van der Waals surface area contributed by atoms with E-state index in [1.54, 1.807) is 25.3 Å². The number of methoxy groups -OCH3 is 1. The molecule has 5 heteroatoms. The molecular weight excluding hydrogens is 206 g/mol. The zero-order valence-corrected chi connectivity index (χ0v) is 8.82. The molecule has 0 unspecified atom stereocenters. The second-order valence-electron chi connectivity index (χ2n) is 2.05. The van der Waals surface area contributed by atoms with E-state index in [4.69, 9.17) is 16.3 Å². The van der Waals surface area contributed by atoms with Crippen LogP contribution in [0.3, 0.4) is 0 Å². The van der Waals surface area contributed by atoms with Gasteiger partial charge in [0.05, 0.1) is 13.7 Å². The minimum Gasteiger partial charge on any atom is -0.480 e. The first-order chi connectivity index (χ1) is 6.76. The Morgan fingerprint density at radius 2 is 2.36 bits per heavy atom. The third kappa shape index (κ3) is 5.37. The van der Waals surface area contributed by atoms with Crippen molar-refractivity contribution in [1.82, 2.24) is 4.98 Å². The van der Waals surface area contributed by atoms with Gasteiger partial charge in [0.15, 0.2) is 0 Å². The fourth-order valence-corrected chi connectivity index (χ4v) is 0.788. The largest absolute Gasteiger partial charge is 0.480 e. The van der Waals surface area contributed by atoms with Gasteiger partial charge in [-0.05, 0) is 19.1 Å². The summed E-state index contributed by atoms with van der Waals surface area (Å²) in [4.78, 5) is 13.0. The number of halogens is 1. The molecule has 4 nitrogen and oxygen atoms in total. The first-order valence-electron chi connectivity index (χ1n) is 3.96. The second-order valence-corrected chi connectivity index (χ2v) is 2.45. The summed E-state index contributed by atoms with van der Waals surface area (Å²) in [5, 5.41) is 0.542. The molecule has 1 heterocycles. The van der Waals surface area contributed by atoms with Crippen LogP contribution in [-0.4, -0.2) is 25.2 Å². The van der Waals surface area contributed by atoms with E-state index in [0.29, 0.717) is 24.0 Å². The Kier molecular flexibility index (Phi) is 7.55. The van der Waals surface area contributed by atoms with Crippen molar-refractivity contribution < 1.29 is 14.3 Å². The van der Waals surface area contributed by atoms with Crippen LogP contribution < -0.4 is 4.74 Å². The number of carbonyl (C=O) groups excluding carboxylic acids is 1. The molecule has 1 rings (SSSR count). The molecule has 0 aliphatic rings. The highest BCUT2D eigenvalue weighted by Gasteiger charge is 1.95. The van der Waals surface area contributed by atoms with Crippen LogP contribution in [0, 0.1) is 0 Å². The summed E-state index contributed by atoms with van der Waals surface area (Å²) in [6.07, 6.45) is 1.63. The van der Waals surface area contributed by atoms with Gasteiger partial charge in [0, 0.05) is 6.20 Å². The molecular formula is C9H12ClNO3. The molecule has 1 aromatic rings. The van der Waals surface area contributed by atoms with E-state index in [1.807, 2.05) is 0 Å². The van der Waals surface area contributed by atoms with Gasteiger partial charge in [-0.3, -0.25) is 4.79 Å². The van der Waals surface area contributed by atoms with E-state index < -0.39 is 0 Å². The van der Waals surface area contributed by atoms with Crippen LogP contribution in [0.4, 0.5) is 0 Å². The van der Waals surface area contributed by atoms with Crippen molar-refractivity contribution in [2.75, 3.05) is 13.7 Å². The Balaban J connectivity index is 0.000000292. The lowest BCUT2D eigenvalue weighted by Crippen LogP contribution is -1.85. The maximum Gasteiger partial charge on any atom is 0.293 e. The number of hydrogen-bond acceptors (Lipinski definition) is 4. The molecule has 0 saturated carbocycles. The topological polar surface area (TPSA) is 48.4 Å². The summed E-state index contributed by atoms with van der Waals surface area (Å²) < 4.78 is 8.95. The molecule has 0 amide bonds. The monoisotopic (exact) mass is 217 g/mol. The lowest BCUT2D eigenvalue weighted by Gasteiger charge is -1.97. The molecule has 0 aliphatic heterocycles. The lowest BCUT2D eigenvalue weighted by atomic mass is 10.5. The van der Waals surface area contributed by atoms with E-state index in [0.717, 1.165) is 0 Å². The van der Waals surface area contributed by atoms with Crippen molar-refractivity contribution in [2.45, 2.75) is 6.92 Å². The molecule has 0 aromatic carbocycles. The van der Waals surface area contributed by atoms with Gasteiger partial charge in [-0.15, -0.1) is 0 Å². The Bertz CT molecular complexity index is 268. The summed E-state index contributed by atoms with van der Waals surface area (Å²) in [6.45, 7) is 2.66. The summed E-state index contributed by atoms with van der Waals surface area (Å²) in [5.41, 5.74) is 0. The van der Waals surface area contributed by atoms with Crippen LogP contribution in [0.15, 0.2) is 18.3 Å². The molecule has 0 N–H and O–H groups in total. The van der Waals surface area contributed by atoms with E-state index in [1.165, 1.54) is 7.11 Å². The average molecular weight is 218 g/mol. The first-order valence-corrected chi connectivity index (χ1v) is 4.33. The van der Waals surface area contributed by atoms with Crippen molar-refractivity contribution in [3.8, 4) is 5.88 Å². The Labute approximate surface area is 87.8 Å². The van der Waals surface area contributed by atoms with Gasteiger partial charge in [-0.1, -0.05) is 11.6 Å². The smallest absolute Gasteiger partial charge is 0.293 e. The summed E-state index contributed by atoms with van der Waals surface area (Å²) in [7, 11) is 1.54. The van der Waals surface area contributed by atoms with E-state index in [2.05, 4.69) is 9.72 Å². The number of rotatable bonds is 3. The maximum absolute atomic E-state index is 9.18. The van der Waals surface area contributed by atoms with Crippen molar-refractivity contribution in [2.24, 2.45) is 0 Å². The van der Waals surface area contributed by atoms with E-state index in [-0.39, 0.29) is 0 Å². The van der Waals surface area contributed by atoms with Crippen molar-refractivity contribution in [3.05, 3.63) is 23.4 Å². The van der Waals surface area contributed by atoms with Crippen LogP contribution in [-0.2, 0) is 9.53 Å². The molecule has 0 fully saturated rings. The van der Waals surface area contributed by atoms with Gasteiger partial charge >= 0.3 is 0 Å². The number of hydrogen-bond donors (Lipinski definition) is 0. The normalized spacial score (nSPS) is 8.21. The minimum atomic E-state index is 0.431. The molecule has 0 bridgehead atoms. The molecule has 0 saturated heterocycles. The average Bonchev–Trinajstić information content (AvgIpc) is 2.21. The predicted octanol–water partition coefficient (Wildman–Crippen LogP) is 1.92. The highest BCUT2D eigenvalue weighted by Crippen LogP contribution is 2.18. The summed E-state index contributed by atoms with van der Waals surface area (Å²) in [6, 6.07) is 3.48. The second kappa shape index (κ2) is 8.31. The summed E-state index contributed by atoms with van der Waals surface area (Å²) in [5.74, 6) is 0.471. The standard InChI is InChI=1S/C6H6ClNO.C3H6O2/c1-9-6-5(7)3-2-4-8-6;1-2-5-3-4/h2-4H,1H3;3H,2H2,1H3. The third-order valence-electron chi connectivity index (χ3n) is 1.15.